The Hall–Kier alpha value is -3.02. The van der Waals surface area contributed by atoms with Crippen LogP contribution < -0.4 is 9.64 Å². The molecule has 1 heterocycles. The van der Waals surface area contributed by atoms with Crippen LogP contribution in [0.25, 0.3) is 5.57 Å². The molecule has 4 rings (SSSR count). The number of carbonyl (C=O) groups is 2. The first kappa shape index (κ1) is 20.3. The average molecular weight is 436 g/mol. The largest absolute Gasteiger partial charge is 0.494 e. The van der Waals surface area contributed by atoms with Gasteiger partial charge in [0.05, 0.1) is 22.8 Å². The molecule has 30 heavy (non-hydrogen) atoms. The molecule has 6 heteroatoms. The predicted octanol–water partition coefficient (Wildman–Crippen LogP) is 5.82. The molecule has 0 saturated carbocycles. The quantitative estimate of drug-likeness (QED) is 0.458. The lowest BCUT2D eigenvalue weighted by atomic mass is 10.1. The van der Waals surface area contributed by atoms with E-state index in [0.717, 1.165) is 4.90 Å². The van der Waals surface area contributed by atoms with Crippen molar-refractivity contribution in [1.82, 2.24) is 0 Å². The lowest BCUT2D eigenvalue weighted by molar-refractivity contribution is -0.119. The van der Waals surface area contributed by atoms with E-state index in [9.17, 15) is 9.59 Å². The van der Waals surface area contributed by atoms with Crippen molar-refractivity contribution in [3.05, 3.63) is 94.4 Å². The van der Waals surface area contributed by atoms with Crippen LogP contribution >= 0.6 is 23.4 Å². The number of hydrogen-bond donors (Lipinski definition) is 0. The molecule has 0 spiro atoms. The molecule has 4 nitrogen and oxygen atoms in total. The lowest BCUT2D eigenvalue weighted by Gasteiger charge is -2.16. The monoisotopic (exact) mass is 435 g/mol. The zero-order valence-corrected chi connectivity index (χ0v) is 17.7. The van der Waals surface area contributed by atoms with Gasteiger partial charge in [0, 0.05) is 9.92 Å². The van der Waals surface area contributed by atoms with Crippen LogP contribution in [0.15, 0.2) is 88.7 Å². The molecule has 0 fully saturated rings. The number of rotatable bonds is 6. The van der Waals surface area contributed by atoms with E-state index >= 15 is 0 Å². The van der Waals surface area contributed by atoms with Gasteiger partial charge in [-0.05, 0) is 61.0 Å². The van der Waals surface area contributed by atoms with Crippen LogP contribution in [0, 0.1) is 0 Å². The third kappa shape index (κ3) is 3.99. The Labute approximate surface area is 184 Å². The van der Waals surface area contributed by atoms with Crippen LogP contribution in [0.5, 0.6) is 5.75 Å². The smallest absolute Gasteiger partial charge is 0.272 e. The van der Waals surface area contributed by atoms with Crippen LogP contribution in [-0.2, 0) is 9.59 Å². The molecule has 0 N–H and O–H groups in total. The van der Waals surface area contributed by atoms with Crippen molar-refractivity contribution in [2.24, 2.45) is 0 Å². The number of amides is 2. The minimum atomic E-state index is -0.344. The van der Waals surface area contributed by atoms with Gasteiger partial charge in [-0.25, -0.2) is 4.90 Å². The summed E-state index contributed by atoms with van der Waals surface area (Å²) in [6.45, 7) is 2.44. The summed E-state index contributed by atoms with van der Waals surface area (Å²) in [5.41, 5.74) is 1.61. The first-order chi connectivity index (χ1) is 14.6. The highest BCUT2D eigenvalue weighted by Gasteiger charge is 2.40. The number of imide groups is 1. The van der Waals surface area contributed by atoms with Crippen LogP contribution in [0.1, 0.15) is 12.5 Å². The first-order valence-electron chi connectivity index (χ1n) is 9.43. The van der Waals surface area contributed by atoms with Gasteiger partial charge < -0.3 is 4.74 Å². The number of ether oxygens (including phenoxy) is 1. The normalized spacial score (nSPS) is 13.9. The molecule has 1 aliphatic heterocycles. The molecule has 2 amide bonds. The van der Waals surface area contributed by atoms with Gasteiger partial charge in [-0.3, -0.25) is 9.59 Å². The molecule has 0 aromatic heterocycles. The number of thioether (sulfide) groups is 1. The molecule has 0 saturated heterocycles. The van der Waals surface area contributed by atoms with Crippen molar-refractivity contribution >= 4 is 46.4 Å². The fourth-order valence-corrected chi connectivity index (χ4v) is 4.30. The molecule has 0 unspecified atom stereocenters. The summed E-state index contributed by atoms with van der Waals surface area (Å²) >= 11 is 7.25. The molecule has 150 valence electrons. The number of nitrogens with zero attached hydrogens (tertiary/aromatic N) is 1. The maximum Gasteiger partial charge on any atom is 0.272 e. The van der Waals surface area contributed by atoms with Crippen molar-refractivity contribution in [3.63, 3.8) is 0 Å². The van der Waals surface area contributed by atoms with Crippen LogP contribution in [0.3, 0.4) is 0 Å². The number of hydrogen-bond acceptors (Lipinski definition) is 4. The van der Waals surface area contributed by atoms with E-state index in [1.807, 2.05) is 49.4 Å². The molecule has 0 radical (unpaired) electrons. The minimum Gasteiger partial charge on any atom is -0.494 e. The fraction of sp³-hybridized carbons (Fsp3) is 0.0833. The van der Waals surface area contributed by atoms with Gasteiger partial charge >= 0.3 is 0 Å². The number of anilines is 1. The Bertz CT molecular complexity index is 1110. The third-order valence-corrected chi connectivity index (χ3v) is 5.89. The maximum absolute atomic E-state index is 13.4. The van der Waals surface area contributed by atoms with Gasteiger partial charge in [-0.1, -0.05) is 53.7 Å². The van der Waals surface area contributed by atoms with E-state index in [0.29, 0.717) is 39.1 Å². The van der Waals surface area contributed by atoms with Gasteiger partial charge in [0.2, 0.25) is 0 Å². The Kier molecular flexibility index (Phi) is 5.93. The highest BCUT2D eigenvalue weighted by atomic mass is 35.5. The molecular weight excluding hydrogens is 418 g/mol. The highest BCUT2D eigenvalue weighted by molar-refractivity contribution is 8.04. The number of carbonyl (C=O) groups excluding carboxylic acids is 2. The molecule has 0 atom stereocenters. The Morgan fingerprint density at radius 1 is 0.867 bits per heavy atom. The van der Waals surface area contributed by atoms with E-state index in [1.165, 1.54) is 16.7 Å². The summed E-state index contributed by atoms with van der Waals surface area (Å²) in [5.74, 6) is 0.00198. The molecule has 3 aromatic rings. The molecule has 1 aliphatic rings. The predicted molar refractivity (Wildman–Crippen MR) is 121 cm³/mol. The Morgan fingerprint density at radius 3 is 2.17 bits per heavy atom. The SMILES string of the molecule is CCOc1ccc(N2C(=O)C(Sc3ccc(Cl)cc3)=C(c3ccccc3)C2=O)cc1. The lowest BCUT2D eigenvalue weighted by Crippen LogP contribution is -2.31. The molecule has 3 aromatic carbocycles. The first-order valence-corrected chi connectivity index (χ1v) is 10.6. The van der Waals surface area contributed by atoms with Crippen molar-refractivity contribution in [3.8, 4) is 5.75 Å². The van der Waals surface area contributed by atoms with Gasteiger partial charge in [0.1, 0.15) is 5.75 Å². The number of halogens is 1. The second-order valence-corrected chi connectivity index (χ2v) is 8.02. The van der Waals surface area contributed by atoms with Gasteiger partial charge in [0.25, 0.3) is 11.8 Å². The minimum absolute atomic E-state index is 0.341. The van der Waals surface area contributed by atoms with E-state index in [-0.39, 0.29) is 11.8 Å². The van der Waals surface area contributed by atoms with Crippen LogP contribution in [-0.4, -0.2) is 18.4 Å². The van der Waals surface area contributed by atoms with Gasteiger partial charge in [-0.2, -0.15) is 0 Å². The maximum atomic E-state index is 13.4. The Balaban J connectivity index is 1.74. The molecular formula is C24H18ClNO3S. The summed E-state index contributed by atoms with van der Waals surface area (Å²) in [5, 5.41) is 0.612. The number of benzene rings is 3. The van der Waals surface area contributed by atoms with Crippen molar-refractivity contribution in [2.75, 3.05) is 11.5 Å². The van der Waals surface area contributed by atoms with Crippen LogP contribution in [0.2, 0.25) is 5.02 Å². The third-order valence-electron chi connectivity index (χ3n) is 4.54. The summed E-state index contributed by atoms with van der Waals surface area (Å²) < 4.78 is 5.46. The fourth-order valence-electron chi connectivity index (χ4n) is 3.18. The van der Waals surface area contributed by atoms with Crippen molar-refractivity contribution in [1.29, 1.82) is 0 Å². The summed E-state index contributed by atoms with van der Waals surface area (Å²) in [4.78, 5) is 29.2. The topological polar surface area (TPSA) is 46.6 Å². The van der Waals surface area contributed by atoms with Crippen molar-refractivity contribution < 1.29 is 14.3 Å². The molecule has 0 bridgehead atoms. The Morgan fingerprint density at radius 2 is 1.53 bits per heavy atom. The standard InChI is InChI=1S/C24H18ClNO3S/c1-2-29-19-12-10-18(11-13-19)26-23(27)21(16-6-4-3-5-7-16)22(24(26)28)30-20-14-8-17(25)9-15-20/h3-15H,2H2,1H3. The molecule has 0 aliphatic carbocycles. The second kappa shape index (κ2) is 8.78. The van der Waals surface area contributed by atoms with Crippen LogP contribution in [0.4, 0.5) is 5.69 Å². The van der Waals surface area contributed by atoms with E-state index < -0.39 is 0 Å². The van der Waals surface area contributed by atoms with E-state index in [1.54, 1.807) is 36.4 Å². The van der Waals surface area contributed by atoms with E-state index in [2.05, 4.69) is 0 Å². The zero-order valence-electron chi connectivity index (χ0n) is 16.2. The van der Waals surface area contributed by atoms with Gasteiger partial charge in [0.15, 0.2) is 0 Å². The average Bonchev–Trinajstić information content (AvgIpc) is 3.01. The summed E-state index contributed by atoms with van der Waals surface area (Å²) in [6.07, 6.45) is 0. The van der Waals surface area contributed by atoms with Crippen molar-refractivity contribution in [2.45, 2.75) is 11.8 Å². The zero-order chi connectivity index (χ0) is 21.1. The summed E-state index contributed by atoms with van der Waals surface area (Å²) in [7, 11) is 0. The van der Waals surface area contributed by atoms with Gasteiger partial charge in [-0.15, -0.1) is 0 Å². The summed E-state index contributed by atoms with van der Waals surface area (Å²) in [6, 6.07) is 23.4. The second-order valence-electron chi connectivity index (χ2n) is 6.50. The highest BCUT2D eigenvalue weighted by Crippen LogP contribution is 2.41. The van der Waals surface area contributed by atoms with E-state index in [4.69, 9.17) is 16.3 Å².